The molecule has 1 saturated carbocycles. The number of nitrogens with two attached hydrogens (primary N) is 1. The molecule has 0 aliphatic heterocycles. The molecule has 21 heavy (non-hydrogen) atoms. The van der Waals surface area contributed by atoms with Crippen LogP contribution >= 0.6 is 11.6 Å². The molecule has 2 N–H and O–H groups in total. The molecular formula is C15H20ClN5. The van der Waals surface area contributed by atoms with Crippen LogP contribution in [0.3, 0.4) is 0 Å². The molecule has 1 fully saturated rings. The Morgan fingerprint density at radius 1 is 1.33 bits per heavy atom. The first-order valence-electron chi connectivity index (χ1n) is 7.54. The van der Waals surface area contributed by atoms with Crippen LogP contribution in [0.25, 0.3) is 11.4 Å². The second kappa shape index (κ2) is 6.02. The van der Waals surface area contributed by atoms with Crippen molar-refractivity contribution in [3.8, 4) is 11.4 Å². The molecule has 1 aromatic heterocycles. The van der Waals surface area contributed by atoms with E-state index >= 15 is 0 Å². The highest BCUT2D eigenvalue weighted by Gasteiger charge is 2.29. The van der Waals surface area contributed by atoms with E-state index < -0.39 is 0 Å². The number of benzene rings is 1. The van der Waals surface area contributed by atoms with Gasteiger partial charge in [0.1, 0.15) is 0 Å². The highest BCUT2D eigenvalue weighted by atomic mass is 35.5. The average molecular weight is 306 g/mol. The van der Waals surface area contributed by atoms with Crippen LogP contribution in [0.1, 0.15) is 45.1 Å². The Kier molecular flexibility index (Phi) is 4.10. The maximum Gasteiger partial charge on any atom is 0.183 e. The van der Waals surface area contributed by atoms with Crippen molar-refractivity contribution in [1.82, 2.24) is 20.2 Å². The summed E-state index contributed by atoms with van der Waals surface area (Å²) in [6, 6.07) is 5.94. The molecule has 1 aromatic carbocycles. The zero-order valence-electron chi connectivity index (χ0n) is 12.2. The smallest absolute Gasteiger partial charge is 0.183 e. The van der Waals surface area contributed by atoms with Crippen molar-refractivity contribution in [2.45, 2.75) is 45.1 Å². The van der Waals surface area contributed by atoms with Crippen LogP contribution in [-0.4, -0.2) is 20.2 Å². The van der Waals surface area contributed by atoms with Gasteiger partial charge in [-0.3, -0.25) is 0 Å². The van der Waals surface area contributed by atoms with Gasteiger partial charge in [-0.25, -0.2) is 4.68 Å². The second-order valence-electron chi connectivity index (χ2n) is 5.68. The van der Waals surface area contributed by atoms with Crippen molar-refractivity contribution in [2.75, 3.05) is 5.73 Å². The van der Waals surface area contributed by atoms with E-state index in [0.717, 1.165) is 24.2 Å². The number of hydrogen-bond acceptors (Lipinski definition) is 4. The van der Waals surface area contributed by atoms with Crippen LogP contribution < -0.4 is 5.73 Å². The number of anilines is 1. The quantitative estimate of drug-likeness (QED) is 0.877. The summed E-state index contributed by atoms with van der Waals surface area (Å²) >= 11 is 6.33. The molecule has 0 radical (unpaired) electrons. The van der Waals surface area contributed by atoms with Gasteiger partial charge in [-0.15, -0.1) is 5.10 Å². The zero-order chi connectivity index (χ0) is 14.8. The third kappa shape index (κ3) is 2.62. The number of aromatic nitrogens is 4. The van der Waals surface area contributed by atoms with Crippen molar-refractivity contribution in [2.24, 2.45) is 5.92 Å². The van der Waals surface area contributed by atoms with Gasteiger partial charge in [-0.1, -0.05) is 43.9 Å². The van der Waals surface area contributed by atoms with Crippen LogP contribution in [-0.2, 0) is 0 Å². The molecule has 5 nitrogen and oxygen atoms in total. The van der Waals surface area contributed by atoms with Crippen molar-refractivity contribution in [3.63, 3.8) is 0 Å². The molecule has 0 spiro atoms. The second-order valence-corrected chi connectivity index (χ2v) is 6.05. The predicted octanol–water partition coefficient (Wildman–Crippen LogP) is 3.72. The summed E-state index contributed by atoms with van der Waals surface area (Å²) in [5, 5.41) is 12.8. The zero-order valence-corrected chi connectivity index (χ0v) is 12.9. The summed E-state index contributed by atoms with van der Waals surface area (Å²) < 4.78 is 1.95. The molecule has 1 aliphatic rings. The van der Waals surface area contributed by atoms with E-state index in [1.54, 1.807) is 6.07 Å². The first kappa shape index (κ1) is 14.3. The van der Waals surface area contributed by atoms with Gasteiger partial charge < -0.3 is 5.73 Å². The summed E-state index contributed by atoms with van der Waals surface area (Å²) in [6.45, 7) is 2.24. The van der Waals surface area contributed by atoms with E-state index in [0.29, 0.717) is 22.7 Å². The molecule has 0 bridgehead atoms. The van der Waals surface area contributed by atoms with Gasteiger partial charge in [-0.2, -0.15) is 0 Å². The topological polar surface area (TPSA) is 69.6 Å². The van der Waals surface area contributed by atoms with Crippen LogP contribution in [0.5, 0.6) is 0 Å². The Bertz CT molecular complexity index is 624. The van der Waals surface area contributed by atoms with Crippen molar-refractivity contribution in [1.29, 1.82) is 0 Å². The monoisotopic (exact) mass is 305 g/mol. The maximum absolute atomic E-state index is 6.33. The summed E-state index contributed by atoms with van der Waals surface area (Å²) in [6.07, 6.45) is 6.03. The van der Waals surface area contributed by atoms with Gasteiger partial charge >= 0.3 is 0 Å². The Morgan fingerprint density at radius 2 is 2.14 bits per heavy atom. The fourth-order valence-electron chi connectivity index (χ4n) is 3.30. The molecule has 0 saturated heterocycles. The lowest BCUT2D eigenvalue weighted by Crippen LogP contribution is -2.24. The lowest BCUT2D eigenvalue weighted by atomic mass is 9.83. The fraction of sp³-hybridized carbons (Fsp3) is 0.533. The predicted molar refractivity (Wildman–Crippen MR) is 84.0 cm³/mol. The highest BCUT2D eigenvalue weighted by molar-refractivity contribution is 6.35. The molecule has 0 amide bonds. The molecule has 2 unspecified atom stereocenters. The minimum Gasteiger partial charge on any atom is -0.398 e. The molecule has 6 heteroatoms. The van der Waals surface area contributed by atoms with Gasteiger partial charge in [0.2, 0.25) is 0 Å². The number of tetrazole rings is 1. The van der Waals surface area contributed by atoms with Gasteiger partial charge in [0.25, 0.3) is 0 Å². The largest absolute Gasteiger partial charge is 0.398 e. The van der Waals surface area contributed by atoms with Crippen LogP contribution in [0.4, 0.5) is 5.69 Å². The summed E-state index contributed by atoms with van der Waals surface area (Å²) in [4.78, 5) is 0. The molecule has 2 aromatic rings. The summed E-state index contributed by atoms with van der Waals surface area (Å²) in [5.74, 6) is 1.35. The molecular weight excluding hydrogens is 286 g/mol. The Hall–Kier alpha value is -1.62. The van der Waals surface area contributed by atoms with E-state index in [1.165, 1.54) is 19.3 Å². The molecule has 2 atom stereocenters. The number of rotatable bonds is 3. The van der Waals surface area contributed by atoms with Gasteiger partial charge in [0, 0.05) is 5.56 Å². The normalized spacial score (nSPS) is 22.4. The van der Waals surface area contributed by atoms with E-state index in [4.69, 9.17) is 17.3 Å². The molecule has 112 valence electrons. The van der Waals surface area contributed by atoms with E-state index in [9.17, 15) is 0 Å². The van der Waals surface area contributed by atoms with Crippen molar-refractivity contribution in [3.05, 3.63) is 23.2 Å². The maximum atomic E-state index is 6.33. The van der Waals surface area contributed by atoms with Gasteiger partial charge in [0.15, 0.2) is 5.82 Å². The first-order valence-corrected chi connectivity index (χ1v) is 7.92. The van der Waals surface area contributed by atoms with Crippen molar-refractivity contribution >= 4 is 17.3 Å². The minimum atomic E-state index is 0.353. The highest BCUT2D eigenvalue weighted by Crippen LogP contribution is 2.38. The van der Waals surface area contributed by atoms with Crippen LogP contribution in [0.2, 0.25) is 5.02 Å². The van der Waals surface area contributed by atoms with Crippen LogP contribution in [0, 0.1) is 5.92 Å². The SMILES string of the molecule is CCC1CCCCC1n1nnnc1-c1cccc(N)c1Cl. The number of nitrogen functional groups attached to an aromatic ring is 1. The third-order valence-electron chi connectivity index (χ3n) is 4.47. The third-order valence-corrected chi connectivity index (χ3v) is 4.89. The van der Waals surface area contributed by atoms with Crippen molar-refractivity contribution < 1.29 is 0 Å². The number of hydrogen-bond donors (Lipinski definition) is 1. The Balaban J connectivity index is 2.02. The number of halogens is 1. The number of nitrogens with zero attached hydrogens (tertiary/aromatic N) is 4. The Labute approximate surface area is 129 Å². The van der Waals surface area contributed by atoms with Gasteiger partial charge in [-0.05, 0) is 41.3 Å². The van der Waals surface area contributed by atoms with E-state index in [1.807, 2.05) is 16.8 Å². The summed E-state index contributed by atoms with van der Waals surface area (Å²) in [5.41, 5.74) is 7.26. The van der Waals surface area contributed by atoms with E-state index in [-0.39, 0.29) is 0 Å². The average Bonchev–Trinajstić information content (AvgIpc) is 2.99. The lowest BCUT2D eigenvalue weighted by Gasteiger charge is -2.31. The molecule has 1 heterocycles. The summed E-state index contributed by atoms with van der Waals surface area (Å²) in [7, 11) is 0. The fourth-order valence-corrected chi connectivity index (χ4v) is 3.51. The van der Waals surface area contributed by atoms with E-state index in [2.05, 4.69) is 22.4 Å². The van der Waals surface area contributed by atoms with Crippen LogP contribution in [0.15, 0.2) is 18.2 Å². The lowest BCUT2D eigenvalue weighted by molar-refractivity contribution is 0.216. The standard InChI is InChI=1S/C15H20ClN5/c1-2-10-6-3-4-9-13(10)21-15(18-19-20-21)11-7-5-8-12(17)14(11)16/h5,7-8,10,13H,2-4,6,9,17H2,1H3. The minimum absolute atomic E-state index is 0.353. The molecule has 3 rings (SSSR count). The first-order chi connectivity index (χ1) is 10.2. The Morgan fingerprint density at radius 3 is 2.95 bits per heavy atom. The van der Waals surface area contributed by atoms with Gasteiger partial charge in [0.05, 0.1) is 16.8 Å². The molecule has 1 aliphatic carbocycles.